The number of aromatic nitrogens is 5. The summed E-state index contributed by atoms with van der Waals surface area (Å²) in [5, 5.41) is 9.96. The van der Waals surface area contributed by atoms with Gasteiger partial charge in [-0.1, -0.05) is 18.2 Å². The van der Waals surface area contributed by atoms with Crippen molar-refractivity contribution >= 4 is 33.4 Å². The Hall–Kier alpha value is -4.13. The molecule has 7 heteroatoms. The van der Waals surface area contributed by atoms with Gasteiger partial charge in [0.1, 0.15) is 12.1 Å². The number of carbonyl (C=O) groups excluding carboxylic acids is 1. The van der Waals surface area contributed by atoms with E-state index in [1.165, 1.54) is 6.33 Å². The molecule has 0 aliphatic rings. The molecule has 0 aliphatic carbocycles. The Kier molecular flexibility index (Phi) is 3.98. The molecule has 0 bridgehead atoms. The monoisotopic (exact) mass is 380 g/mol. The minimum atomic E-state index is -0.235. The molecule has 0 aliphatic heterocycles. The van der Waals surface area contributed by atoms with Crippen molar-refractivity contribution in [2.24, 2.45) is 7.05 Å². The summed E-state index contributed by atoms with van der Waals surface area (Å²) in [6.45, 7) is 0. The van der Waals surface area contributed by atoms with Gasteiger partial charge in [-0.3, -0.25) is 9.48 Å². The van der Waals surface area contributed by atoms with Crippen molar-refractivity contribution in [1.82, 2.24) is 24.7 Å². The van der Waals surface area contributed by atoms with E-state index in [1.807, 2.05) is 43.7 Å². The maximum atomic E-state index is 12.7. The normalized spacial score (nSPS) is 11.1. The van der Waals surface area contributed by atoms with Gasteiger partial charge in [0.2, 0.25) is 0 Å². The Morgan fingerprint density at radius 1 is 0.897 bits per heavy atom. The maximum Gasteiger partial charge on any atom is 0.256 e. The highest BCUT2D eigenvalue weighted by Gasteiger charge is 2.09. The molecule has 3 heterocycles. The van der Waals surface area contributed by atoms with Crippen LogP contribution in [0.5, 0.6) is 0 Å². The van der Waals surface area contributed by atoms with Crippen molar-refractivity contribution in [2.75, 3.05) is 5.32 Å². The largest absolute Gasteiger partial charge is 0.307 e. The average Bonchev–Trinajstić information content (AvgIpc) is 3.19. The number of anilines is 1. The van der Waals surface area contributed by atoms with Gasteiger partial charge in [0.15, 0.2) is 0 Å². The van der Waals surface area contributed by atoms with E-state index >= 15 is 0 Å². The van der Waals surface area contributed by atoms with Crippen molar-refractivity contribution in [3.63, 3.8) is 0 Å². The fourth-order valence-electron chi connectivity index (χ4n) is 3.26. The van der Waals surface area contributed by atoms with Crippen LogP contribution >= 0.6 is 0 Å². The topological polar surface area (TPSA) is 85.6 Å². The Labute approximate surface area is 166 Å². The third kappa shape index (κ3) is 3.29. The van der Waals surface area contributed by atoms with Crippen LogP contribution in [-0.2, 0) is 7.05 Å². The summed E-state index contributed by atoms with van der Waals surface area (Å²) in [7, 11) is 1.89. The third-order valence-electron chi connectivity index (χ3n) is 4.77. The second kappa shape index (κ2) is 6.79. The van der Waals surface area contributed by atoms with Crippen molar-refractivity contribution in [2.45, 2.75) is 0 Å². The number of nitrogens with zero attached hydrogens (tertiary/aromatic N) is 5. The minimum absolute atomic E-state index is 0.235. The number of hydrogen-bond donors (Lipinski definition) is 1. The quantitative estimate of drug-likeness (QED) is 0.514. The van der Waals surface area contributed by atoms with E-state index in [1.54, 1.807) is 29.2 Å². The Balaban J connectivity index is 1.45. The standard InChI is InChI=1S/C22H16N6O/c1-28-12-19(11-26-28)14-2-4-16-10-24-21(8-18(16)6-14)27-22(29)15-3-5-17-9-23-13-25-20(17)7-15/h2-13H,1H3,(H,24,27,29). The van der Waals surface area contributed by atoms with Gasteiger partial charge < -0.3 is 5.32 Å². The van der Waals surface area contributed by atoms with Crippen LogP contribution in [0.4, 0.5) is 5.82 Å². The van der Waals surface area contributed by atoms with Gasteiger partial charge in [0.25, 0.3) is 5.91 Å². The Morgan fingerprint density at radius 3 is 2.66 bits per heavy atom. The van der Waals surface area contributed by atoms with Crippen LogP contribution < -0.4 is 5.32 Å². The van der Waals surface area contributed by atoms with E-state index in [2.05, 4.69) is 31.4 Å². The van der Waals surface area contributed by atoms with E-state index in [9.17, 15) is 4.79 Å². The van der Waals surface area contributed by atoms with Crippen LogP contribution in [0.2, 0.25) is 0 Å². The highest BCUT2D eigenvalue weighted by atomic mass is 16.1. The molecule has 0 saturated carbocycles. The van der Waals surface area contributed by atoms with Crippen molar-refractivity contribution < 1.29 is 4.79 Å². The molecule has 3 aromatic heterocycles. The lowest BCUT2D eigenvalue weighted by Crippen LogP contribution is -2.12. The summed E-state index contributed by atoms with van der Waals surface area (Å²) in [6.07, 6.45) is 8.73. The summed E-state index contributed by atoms with van der Waals surface area (Å²) < 4.78 is 1.77. The fraction of sp³-hybridized carbons (Fsp3) is 0.0455. The molecule has 0 saturated heterocycles. The predicted octanol–water partition coefficient (Wildman–Crippen LogP) is 3.83. The molecule has 140 valence electrons. The van der Waals surface area contributed by atoms with Crippen LogP contribution in [0, 0.1) is 0 Å². The van der Waals surface area contributed by atoms with E-state index in [4.69, 9.17) is 0 Å². The van der Waals surface area contributed by atoms with Crippen LogP contribution in [0.25, 0.3) is 32.8 Å². The van der Waals surface area contributed by atoms with Gasteiger partial charge in [0, 0.05) is 47.5 Å². The van der Waals surface area contributed by atoms with Crippen LogP contribution in [0.1, 0.15) is 10.4 Å². The van der Waals surface area contributed by atoms with E-state index < -0.39 is 0 Å². The van der Waals surface area contributed by atoms with Gasteiger partial charge in [-0.25, -0.2) is 15.0 Å². The van der Waals surface area contributed by atoms with Gasteiger partial charge in [0.05, 0.1) is 11.7 Å². The second-order valence-corrected chi connectivity index (χ2v) is 6.78. The molecule has 5 rings (SSSR count). The molecule has 1 amide bonds. The highest BCUT2D eigenvalue weighted by Crippen LogP contribution is 2.25. The van der Waals surface area contributed by atoms with Crippen molar-refractivity contribution in [3.05, 3.63) is 79.1 Å². The lowest BCUT2D eigenvalue weighted by molar-refractivity contribution is 0.102. The van der Waals surface area contributed by atoms with Gasteiger partial charge in [-0.2, -0.15) is 5.10 Å². The molecule has 0 spiro atoms. The number of rotatable bonds is 3. The second-order valence-electron chi connectivity index (χ2n) is 6.78. The van der Waals surface area contributed by atoms with Crippen LogP contribution in [-0.4, -0.2) is 30.6 Å². The van der Waals surface area contributed by atoms with Gasteiger partial charge in [-0.05, 0) is 35.2 Å². The lowest BCUT2D eigenvalue weighted by Gasteiger charge is -2.07. The van der Waals surface area contributed by atoms with Crippen LogP contribution in [0.15, 0.2) is 73.6 Å². The molecule has 0 radical (unpaired) electrons. The van der Waals surface area contributed by atoms with Crippen molar-refractivity contribution in [1.29, 1.82) is 0 Å². The van der Waals surface area contributed by atoms with E-state index in [0.717, 1.165) is 32.8 Å². The highest BCUT2D eigenvalue weighted by molar-refractivity contribution is 6.06. The molecular formula is C22H16N6O. The van der Waals surface area contributed by atoms with E-state index in [-0.39, 0.29) is 5.91 Å². The number of aryl methyl sites for hydroxylation is 1. The number of hydrogen-bond acceptors (Lipinski definition) is 5. The molecule has 0 unspecified atom stereocenters. The first kappa shape index (κ1) is 17.0. The minimum Gasteiger partial charge on any atom is -0.307 e. The number of nitrogens with one attached hydrogen (secondary N) is 1. The zero-order chi connectivity index (χ0) is 19.8. The fourth-order valence-corrected chi connectivity index (χ4v) is 3.26. The molecule has 5 aromatic rings. The first-order chi connectivity index (χ1) is 14.2. The number of pyridine rings is 1. The van der Waals surface area contributed by atoms with Gasteiger partial charge in [-0.15, -0.1) is 0 Å². The summed E-state index contributed by atoms with van der Waals surface area (Å²) in [5.41, 5.74) is 3.33. The lowest BCUT2D eigenvalue weighted by atomic mass is 10.0. The van der Waals surface area contributed by atoms with E-state index in [0.29, 0.717) is 11.4 Å². The zero-order valence-corrected chi connectivity index (χ0v) is 15.6. The number of carbonyl (C=O) groups is 1. The maximum absolute atomic E-state index is 12.7. The molecule has 29 heavy (non-hydrogen) atoms. The smallest absolute Gasteiger partial charge is 0.256 e. The van der Waals surface area contributed by atoms with Crippen molar-refractivity contribution in [3.8, 4) is 11.1 Å². The SMILES string of the molecule is Cn1cc(-c2ccc3cnc(NC(=O)c4ccc5cncnc5c4)cc3c2)cn1. The summed E-state index contributed by atoms with van der Waals surface area (Å²) in [6, 6.07) is 13.3. The number of benzene rings is 2. The first-order valence-corrected chi connectivity index (χ1v) is 9.06. The van der Waals surface area contributed by atoms with Gasteiger partial charge >= 0.3 is 0 Å². The molecule has 0 atom stereocenters. The summed E-state index contributed by atoms with van der Waals surface area (Å²) >= 11 is 0. The zero-order valence-electron chi connectivity index (χ0n) is 15.6. The molecular weight excluding hydrogens is 364 g/mol. The molecule has 1 N–H and O–H groups in total. The Morgan fingerprint density at radius 2 is 1.79 bits per heavy atom. The number of fused-ring (bicyclic) bond motifs is 2. The molecule has 7 nitrogen and oxygen atoms in total. The molecule has 0 fully saturated rings. The summed E-state index contributed by atoms with van der Waals surface area (Å²) in [4.78, 5) is 25.2. The average molecular weight is 380 g/mol. The molecule has 2 aromatic carbocycles. The van der Waals surface area contributed by atoms with Crippen LogP contribution in [0.3, 0.4) is 0 Å². The summed E-state index contributed by atoms with van der Waals surface area (Å²) in [5.74, 6) is 0.259. The Bertz CT molecular complexity index is 1370. The number of amides is 1. The third-order valence-corrected chi connectivity index (χ3v) is 4.77. The predicted molar refractivity (Wildman–Crippen MR) is 111 cm³/mol. The first-order valence-electron chi connectivity index (χ1n) is 9.06.